The quantitative estimate of drug-likeness (QED) is 0.271. The Kier molecular flexibility index (Phi) is 6.54. The molecule has 4 aromatic rings. The minimum absolute atomic E-state index is 0.0631. The van der Waals surface area contributed by atoms with Crippen molar-refractivity contribution in [2.24, 2.45) is 4.99 Å². The number of ether oxygens (including phenoxy) is 3. The lowest BCUT2D eigenvalue weighted by Crippen LogP contribution is -2.39. The molecule has 1 N–H and O–H groups in total. The first-order valence-corrected chi connectivity index (χ1v) is 13.5. The summed E-state index contributed by atoms with van der Waals surface area (Å²) in [5, 5.41) is 9.30. The van der Waals surface area contributed by atoms with Gasteiger partial charge < -0.3 is 18.6 Å². The molecule has 0 bridgehead atoms. The predicted octanol–water partition coefficient (Wildman–Crippen LogP) is 3.90. The van der Waals surface area contributed by atoms with Gasteiger partial charge in [0.25, 0.3) is 10.5 Å². The second-order valence-corrected chi connectivity index (χ2v) is 10.4. The van der Waals surface area contributed by atoms with Crippen LogP contribution in [0, 0.1) is 11.8 Å². The summed E-state index contributed by atoms with van der Waals surface area (Å²) in [6, 6.07) is 12.6. The number of aryl methyl sites for hydroxylation is 1. The molecular weight excluding hydrogens is 550 g/mol. The number of aromatic nitrogens is 1. The lowest BCUT2D eigenvalue weighted by atomic mass is 9.95. The van der Waals surface area contributed by atoms with E-state index in [-0.39, 0.29) is 35.1 Å². The van der Waals surface area contributed by atoms with Crippen LogP contribution in [0.2, 0.25) is 0 Å². The molecule has 0 aliphatic carbocycles. The second kappa shape index (κ2) is 10.2. The van der Waals surface area contributed by atoms with Crippen LogP contribution < -0.4 is 24.4 Å². The zero-order valence-electron chi connectivity index (χ0n) is 22.2. The van der Waals surface area contributed by atoms with Gasteiger partial charge in [-0.1, -0.05) is 23.5 Å². The average molecular weight is 575 g/mol. The van der Waals surface area contributed by atoms with Crippen molar-refractivity contribution in [3.8, 4) is 22.8 Å². The standard InChI is InChI=1S/C29H24N3O8S/c1-4-37-28(34)25-16(3)30-29-31(26(25)17-6-9-22-23(11-17)39-14-38-22)27(33)24(41-29)13-19-8-10-21(40-19)20-12-18(32(35)36)7-5-15(20)2/h5-13,26H,4,14H2,1-3H3,(H,35,36)/q+1/b24-13-. The molecule has 2 aliphatic heterocycles. The highest BCUT2D eigenvalue weighted by Gasteiger charge is 2.34. The van der Waals surface area contributed by atoms with Crippen LogP contribution in [0.3, 0.4) is 0 Å². The first-order valence-electron chi connectivity index (χ1n) is 12.7. The van der Waals surface area contributed by atoms with E-state index in [1.54, 1.807) is 56.3 Å². The molecule has 2 aromatic carbocycles. The lowest BCUT2D eigenvalue weighted by Gasteiger charge is -2.24. The van der Waals surface area contributed by atoms with Gasteiger partial charge >= 0.3 is 11.7 Å². The van der Waals surface area contributed by atoms with E-state index >= 15 is 0 Å². The number of hydrogen-bond acceptors (Lipinski definition) is 9. The molecule has 0 amide bonds. The predicted molar refractivity (Wildman–Crippen MR) is 147 cm³/mol. The second-order valence-electron chi connectivity index (χ2n) is 9.39. The van der Waals surface area contributed by atoms with Crippen LogP contribution in [0.5, 0.6) is 11.5 Å². The largest absolute Gasteiger partial charge is 0.463 e. The van der Waals surface area contributed by atoms with Crippen molar-refractivity contribution in [1.82, 2.24) is 4.57 Å². The summed E-state index contributed by atoms with van der Waals surface area (Å²) < 4.78 is 24.2. The Morgan fingerprint density at radius 2 is 1.98 bits per heavy atom. The minimum atomic E-state index is -0.798. The number of carbonyl (C=O) groups is 1. The monoisotopic (exact) mass is 574 g/mol. The van der Waals surface area contributed by atoms with Gasteiger partial charge in [0.05, 0.1) is 33.4 Å². The normalized spacial score (nSPS) is 16.0. The van der Waals surface area contributed by atoms with Crippen molar-refractivity contribution in [1.29, 1.82) is 0 Å². The fourth-order valence-corrected chi connectivity index (χ4v) is 5.92. The summed E-state index contributed by atoms with van der Waals surface area (Å²) in [7, 11) is 0. The summed E-state index contributed by atoms with van der Waals surface area (Å²) >= 11 is 1.17. The van der Waals surface area contributed by atoms with E-state index in [2.05, 4.69) is 4.99 Å². The highest BCUT2D eigenvalue weighted by molar-refractivity contribution is 7.07. The molecule has 0 radical (unpaired) electrons. The number of thiazole rings is 1. The van der Waals surface area contributed by atoms with Crippen molar-refractivity contribution in [2.75, 3.05) is 13.4 Å². The van der Waals surface area contributed by atoms with Crippen LogP contribution in [0.4, 0.5) is 5.69 Å². The Morgan fingerprint density at radius 3 is 2.76 bits per heavy atom. The SMILES string of the molecule is CCOC(=O)C1=C(C)N=c2s/c(=C\c3ccc(-c4cc([N+](=O)O)ccc4C)o3)c(=O)n2C1c1ccc2c(c1)OCO2. The van der Waals surface area contributed by atoms with E-state index in [1.807, 2.05) is 6.92 Å². The Labute approximate surface area is 236 Å². The fourth-order valence-electron chi connectivity index (χ4n) is 4.89. The van der Waals surface area contributed by atoms with Crippen LogP contribution in [0.15, 0.2) is 74.0 Å². The molecule has 0 spiro atoms. The molecule has 0 saturated carbocycles. The number of benzene rings is 2. The number of carbonyl (C=O) groups excluding carboxylic acids is 1. The zero-order valence-corrected chi connectivity index (χ0v) is 23.1. The van der Waals surface area contributed by atoms with E-state index in [1.165, 1.54) is 28.0 Å². The number of allylic oxidation sites excluding steroid dienone is 1. The third-order valence-corrected chi connectivity index (χ3v) is 7.82. The minimum Gasteiger partial charge on any atom is -0.463 e. The third-order valence-electron chi connectivity index (χ3n) is 6.84. The van der Waals surface area contributed by atoms with Gasteiger partial charge in [0, 0.05) is 23.8 Å². The highest BCUT2D eigenvalue weighted by atomic mass is 32.1. The topological polar surface area (TPSA) is 133 Å². The van der Waals surface area contributed by atoms with Crippen molar-refractivity contribution in [3.05, 3.63) is 101 Å². The van der Waals surface area contributed by atoms with Crippen molar-refractivity contribution >= 4 is 29.1 Å². The maximum absolute atomic E-state index is 13.9. The van der Waals surface area contributed by atoms with Gasteiger partial charge in [0.2, 0.25) is 6.79 Å². The molecule has 12 heteroatoms. The van der Waals surface area contributed by atoms with Crippen LogP contribution in [0.25, 0.3) is 17.4 Å². The van der Waals surface area contributed by atoms with Gasteiger partial charge in [-0.15, -0.1) is 0 Å². The van der Waals surface area contributed by atoms with Crippen molar-refractivity contribution in [2.45, 2.75) is 26.8 Å². The molecule has 41 heavy (non-hydrogen) atoms. The van der Waals surface area contributed by atoms with Gasteiger partial charge in [0.1, 0.15) is 11.5 Å². The summed E-state index contributed by atoms with van der Waals surface area (Å²) in [5.41, 5.74) is 2.52. The summed E-state index contributed by atoms with van der Waals surface area (Å²) in [4.78, 5) is 43.1. The van der Waals surface area contributed by atoms with Crippen LogP contribution >= 0.6 is 11.3 Å². The first-order chi connectivity index (χ1) is 19.7. The van der Waals surface area contributed by atoms with E-state index in [4.69, 9.17) is 18.6 Å². The molecule has 4 heterocycles. The average Bonchev–Trinajstić information content (AvgIpc) is 3.67. The Bertz CT molecular complexity index is 1950. The van der Waals surface area contributed by atoms with Gasteiger partial charge in [-0.05, 0) is 56.2 Å². The smallest absolute Gasteiger partial charge is 0.338 e. The molecular formula is C29H24N3O8S+. The molecule has 208 valence electrons. The summed E-state index contributed by atoms with van der Waals surface area (Å²) in [5.74, 6) is 1.41. The van der Waals surface area contributed by atoms with Crippen molar-refractivity contribution in [3.63, 3.8) is 0 Å². The number of hydrogen-bond donors (Lipinski definition) is 1. The molecule has 6 rings (SSSR count). The zero-order chi connectivity index (χ0) is 28.8. The number of nitrogens with zero attached hydrogens (tertiary/aromatic N) is 3. The van der Waals surface area contributed by atoms with Gasteiger partial charge in [-0.3, -0.25) is 9.36 Å². The van der Waals surface area contributed by atoms with Crippen LogP contribution in [-0.2, 0) is 9.53 Å². The maximum atomic E-state index is 13.9. The van der Waals surface area contributed by atoms with E-state index in [0.717, 1.165) is 5.56 Å². The number of rotatable bonds is 6. The molecule has 1 atom stereocenters. The van der Waals surface area contributed by atoms with Gasteiger partial charge in [0.15, 0.2) is 16.3 Å². The third kappa shape index (κ3) is 4.61. The summed E-state index contributed by atoms with van der Waals surface area (Å²) in [6.45, 7) is 5.54. The van der Waals surface area contributed by atoms with E-state index in [9.17, 15) is 19.7 Å². The summed E-state index contributed by atoms with van der Waals surface area (Å²) in [6.07, 6.45) is 1.61. The maximum Gasteiger partial charge on any atom is 0.338 e. The van der Waals surface area contributed by atoms with Gasteiger partial charge in [-0.25, -0.2) is 15.0 Å². The Morgan fingerprint density at radius 1 is 1.17 bits per heavy atom. The number of fused-ring (bicyclic) bond motifs is 2. The van der Waals surface area contributed by atoms with E-state index < -0.39 is 12.0 Å². The highest BCUT2D eigenvalue weighted by Crippen LogP contribution is 2.38. The first kappa shape index (κ1) is 26.3. The van der Waals surface area contributed by atoms with E-state index in [0.29, 0.717) is 49.2 Å². The number of furan rings is 1. The lowest BCUT2D eigenvalue weighted by molar-refractivity contribution is -0.729. The van der Waals surface area contributed by atoms with Crippen LogP contribution in [0.1, 0.15) is 36.8 Å². The Hall–Kier alpha value is -4.97. The number of esters is 1. The molecule has 0 fully saturated rings. The molecule has 1 unspecified atom stereocenters. The van der Waals surface area contributed by atoms with Crippen molar-refractivity contribution < 1.29 is 33.6 Å². The Balaban J connectivity index is 1.47. The van der Waals surface area contributed by atoms with Gasteiger partial charge in [-0.2, -0.15) is 0 Å². The molecule has 0 saturated heterocycles. The molecule has 2 aromatic heterocycles. The van der Waals surface area contributed by atoms with Crippen LogP contribution in [-0.4, -0.2) is 34.1 Å². The fraction of sp³-hybridized carbons (Fsp3) is 0.207. The molecule has 11 nitrogen and oxygen atoms in total. The molecule has 2 aliphatic rings.